The maximum Gasteiger partial charge on any atom is 0.339 e. The largest absolute Gasteiger partial charge is 0.478 e. The van der Waals surface area contributed by atoms with Crippen LogP contribution in [0.15, 0.2) is 28.9 Å². The number of carboxylic acids is 1. The van der Waals surface area contributed by atoms with Gasteiger partial charge in [0.1, 0.15) is 23.0 Å². The van der Waals surface area contributed by atoms with Gasteiger partial charge in [-0.25, -0.2) is 13.6 Å². The summed E-state index contributed by atoms with van der Waals surface area (Å²) in [5.41, 5.74) is 0.152. The van der Waals surface area contributed by atoms with E-state index in [0.29, 0.717) is 5.76 Å². The molecule has 0 atom stereocenters. The summed E-state index contributed by atoms with van der Waals surface area (Å²) in [5, 5.41) is 12.7. The molecule has 0 amide bonds. The molecule has 0 spiro atoms. The van der Waals surface area contributed by atoms with E-state index < -0.39 is 17.6 Å². The van der Waals surface area contributed by atoms with Crippen LogP contribution >= 0.6 is 0 Å². The lowest BCUT2D eigenvalue weighted by Crippen LogP contribution is -2.27. The van der Waals surface area contributed by atoms with Crippen molar-refractivity contribution >= 4 is 5.97 Å². The zero-order valence-corrected chi connectivity index (χ0v) is 11.7. The number of hydrogen-bond donors (Lipinski definition) is 2. The zero-order valence-electron chi connectivity index (χ0n) is 11.7. The minimum Gasteiger partial charge on any atom is -0.478 e. The highest BCUT2D eigenvalue weighted by Gasteiger charge is 2.29. The highest BCUT2D eigenvalue weighted by molar-refractivity contribution is 5.97. The lowest BCUT2D eigenvalue weighted by Gasteiger charge is -2.21. The van der Waals surface area contributed by atoms with Crippen LogP contribution in [-0.4, -0.2) is 24.2 Å². The van der Waals surface area contributed by atoms with Gasteiger partial charge in [0.05, 0.1) is 6.26 Å². The number of rotatable bonds is 3. The van der Waals surface area contributed by atoms with Crippen LogP contribution in [0.4, 0.5) is 8.78 Å². The normalized spacial score (nSPS) is 15.9. The Kier molecular flexibility index (Phi) is 3.94. The molecule has 1 saturated heterocycles. The second-order valence-electron chi connectivity index (χ2n) is 5.34. The van der Waals surface area contributed by atoms with Crippen molar-refractivity contribution in [3.8, 4) is 11.1 Å². The van der Waals surface area contributed by atoms with Gasteiger partial charge in [-0.1, -0.05) is 0 Å². The number of furan rings is 1. The molecule has 1 aromatic carbocycles. The first-order valence-corrected chi connectivity index (χ1v) is 7.08. The molecule has 1 aromatic heterocycles. The molecule has 116 valence electrons. The molecule has 0 saturated carbocycles. The van der Waals surface area contributed by atoms with Crippen LogP contribution in [0.5, 0.6) is 0 Å². The Labute approximate surface area is 125 Å². The molecule has 0 unspecified atom stereocenters. The number of hydrogen-bond acceptors (Lipinski definition) is 3. The Morgan fingerprint density at radius 2 is 1.95 bits per heavy atom. The third-order valence-corrected chi connectivity index (χ3v) is 3.96. The highest BCUT2D eigenvalue weighted by atomic mass is 19.1. The summed E-state index contributed by atoms with van der Waals surface area (Å²) in [6, 6.07) is 3.06. The van der Waals surface area contributed by atoms with Gasteiger partial charge in [-0.05, 0) is 38.1 Å². The van der Waals surface area contributed by atoms with Gasteiger partial charge in [0.2, 0.25) is 0 Å². The Balaban J connectivity index is 2.08. The molecular weight excluding hydrogens is 292 g/mol. The molecule has 6 heteroatoms. The number of carboxylic acid groups (broad SMARTS) is 1. The minimum atomic E-state index is -1.17. The van der Waals surface area contributed by atoms with Crippen molar-refractivity contribution in [1.29, 1.82) is 0 Å². The van der Waals surface area contributed by atoms with E-state index in [1.54, 1.807) is 0 Å². The number of piperidine rings is 1. The van der Waals surface area contributed by atoms with E-state index >= 15 is 0 Å². The molecular formula is C16H15F2NO3. The molecule has 2 N–H and O–H groups in total. The smallest absolute Gasteiger partial charge is 0.339 e. The van der Waals surface area contributed by atoms with Crippen molar-refractivity contribution in [2.75, 3.05) is 13.1 Å². The predicted molar refractivity (Wildman–Crippen MR) is 75.9 cm³/mol. The summed E-state index contributed by atoms with van der Waals surface area (Å²) in [4.78, 5) is 11.6. The first-order valence-electron chi connectivity index (χ1n) is 7.08. The first-order chi connectivity index (χ1) is 10.6. The standard InChI is InChI=1S/C16H15F2NO3/c17-10-1-2-11(13(18)7-10)12-8-22-15(14(12)16(20)21)9-3-5-19-6-4-9/h1-2,7-9,19H,3-6H2,(H,20,21). The van der Waals surface area contributed by atoms with Crippen molar-refractivity contribution in [2.45, 2.75) is 18.8 Å². The molecule has 3 rings (SSSR count). The molecule has 1 aliphatic rings. The van der Waals surface area contributed by atoms with Gasteiger partial charge in [0.25, 0.3) is 0 Å². The molecule has 4 nitrogen and oxygen atoms in total. The van der Waals surface area contributed by atoms with Crippen molar-refractivity contribution in [1.82, 2.24) is 5.32 Å². The van der Waals surface area contributed by atoms with Gasteiger partial charge in [-0.3, -0.25) is 0 Å². The lowest BCUT2D eigenvalue weighted by molar-refractivity contribution is 0.0694. The van der Waals surface area contributed by atoms with Gasteiger partial charge in [-0.2, -0.15) is 0 Å². The Morgan fingerprint density at radius 1 is 1.23 bits per heavy atom. The molecule has 1 aliphatic heterocycles. The number of carbonyl (C=O) groups is 1. The summed E-state index contributed by atoms with van der Waals surface area (Å²) >= 11 is 0. The second-order valence-corrected chi connectivity index (χ2v) is 5.34. The second kappa shape index (κ2) is 5.88. The van der Waals surface area contributed by atoms with Crippen LogP contribution < -0.4 is 5.32 Å². The van der Waals surface area contributed by atoms with Gasteiger partial charge < -0.3 is 14.8 Å². The van der Waals surface area contributed by atoms with Gasteiger partial charge in [0, 0.05) is 23.1 Å². The fourth-order valence-electron chi connectivity index (χ4n) is 2.88. The number of aromatic carboxylic acids is 1. The molecule has 0 radical (unpaired) electrons. The number of nitrogens with one attached hydrogen (secondary N) is 1. The number of benzene rings is 1. The molecule has 0 aliphatic carbocycles. The Hall–Kier alpha value is -2.21. The van der Waals surface area contributed by atoms with E-state index in [0.717, 1.165) is 38.1 Å². The van der Waals surface area contributed by atoms with Gasteiger partial charge in [-0.15, -0.1) is 0 Å². The predicted octanol–water partition coefficient (Wildman–Crippen LogP) is 3.39. The Morgan fingerprint density at radius 3 is 2.59 bits per heavy atom. The van der Waals surface area contributed by atoms with Gasteiger partial charge in [0.15, 0.2) is 0 Å². The van der Waals surface area contributed by atoms with Crippen molar-refractivity contribution in [3.05, 3.63) is 47.4 Å². The fraction of sp³-hybridized carbons (Fsp3) is 0.312. The summed E-state index contributed by atoms with van der Waals surface area (Å²) in [5.74, 6) is -2.32. The van der Waals surface area contributed by atoms with Crippen LogP contribution in [0.1, 0.15) is 34.9 Å². The maximum atomic E-state index is 13.9. The van der Waals surface area contributed by atoms with E-state index in [4.69, 9.17) is 4.42 Å². The summed E-state index contributed by atoms with van der Waals surface area (Å²) in [6.07, 6.45) is 2.77. The maximum absolute atomic E-state index is 13.9. The molecule has 2 heterocycles. The van der Waals surface area contributed by atoms with E-state index in [-0.39, 0.29) is 22.6 Å². The van der Waals surface area contributed by atoms with Crippen LogP contribution in [-0.2, 0) is 0 Å². The molecule has 1 fully saturated rings. The average Bonchev–Trinajstić information content (AvgIpc) is 2.93. The fourth-order valence-corrected chi connectivity index (χ4v) is 2.88. The monoisotopic (exact) mass is 307 g/mol. The summed E-state index contributed by atoms with van der Waals surface area (Å²) < 4.78 is 32.4. The lowest BCUT2D eigenvalue weighted by atomic mass is 9.91. The first kappa shape index (κ1) is 14.7. The van der Waals surface area contributed by atoms with Crippen molar-refractivity contribution < 1.29 is 23.1 Å². The van der Waals surface area contributed by atoms with Crippen LogP contribution in [0, 0.1) is 11.6 Å². The molecule has 2 aromatic rings. The number of halogens is 2. The van der Waals surface area contributed by atoms with Crippen LogP contribution in [0.2, 0.25) is 0 Å². The molecule has 22 heavy (non-hydrogen) atoms. The SMILES string of the molecule is O=C(O)c1c(-c2ccc(F)cc2F)coc1C1CCNCC1. The quantitative estimate of drug-likeness (QED) is 0.912. The third kappa shape index (κ3) is 2.62. The van der Waals surface area contributed by atoms with E-state index in [2.05, 4.69) is 5.32 Å². The Bertz CT molecular complexity index is 705. The van der Waals surface area contributed by atoms with E-state index in [9.17, 15) is 18.7 Å². The van der Waals surface area contributed by atoms with Crippen molar-refractivity contribution in [2.24, 2.45) is 0 Å². The van der Waals surface area contributed by atoms with E-state index in [1.807, 2.05) is 0 Å². The zero-order chi connectivity index (χ0) is 15.7. The van der Waals surface area contributed by atoms with Gasteiger partial charge >= 0.3 is 5.97 Å². The van der Waals surface area contributed by atoms with Crippen LogP contribution in [0.3, 0.4) is 0 Å². The summed E-state index contributed by atoms with van der Waals surface area (Å²) in [6.45, 7) is 1.56. The summed E-state index contributed by atoms with van der Waals surface area (Å²) in [7, 11) is 0. The third-order valence-electron chi connectivity index (χ3n) is 3.96. The molecule has 0 bridgehead atoms. The van der Waals surface area contributed by atoms with Crippen molar-refractivity contribution in [3.63, 3.8) is 0 Å². The van der Waals surface area contributed by atoms with Crippen LogP contribution in [0.25, 0.3) is 11.1 Å². The average molecular weight is 307 g/mol. The topological polar surface area (TPSA) is 62.5 Å². The minimum absolute atomic E-state index is 0.00962. The van der Waals surface area contributed by atoms with E-state index in [1.165, 1.54) is 12.3 Å². The highest BCUT2D eigenvalue weighted by Crippen LogP contribution is 2.36.